The van der Waals surface area contributed by atoms with E-state index in [0.29, 0.717) is 17.1 Å². The smallest absolute Gasteiger partial charge is 0.407 e. The lowest BCUT2D eigenvalue weighted by Gasteiger charge is -2.25. The van der Waals surface area contributed by atoms with Gasteiger partial charge in [0, 0.05) is 29.2 Å². The first-order valence-corrected chi connectivity index (χ1v) is 8.30. The Morgan fingerprint density at radius 3 is 2.70 bits per heavy atom. The lowest BCUT2D eigenvalue weighted by molar-refractivity contribution is 0.0498. The van der Waals surface area contributed by atoms with E-state index in [2.05, 4.69) is 10.6 Å². The van der Waals surface area contributed by atoms with Crippen molar-refractivity contribution in [1.82, 2.24) is 10.6 Å². The van der Waals surface area contributed by atoms with E-state index in [1.807, 2.05) is 20.8 Å². The maximum atomic E-state index is 13.8. The Balaban J connectivity index is 1.91. The first-order valence-electron chi connectivity index (χ1n) is 7.92. The molecule has 2 unspecified atom stereocenters. The highest BCUT2D eigenvalue weighted by atomic mass is 35.5. The number of carbonyl (C=O) groups excluding carboxylic acids is 1. The van der Waals surface area contributed by atoms with Crippen LogP contribution in [0.3, 0.4) is 0 Å². The Kier molecular flexibility index (Phi) is 5.87. The zero-order chi connectivity index (χ0) is 17.0. The first kappa shape index (κ1) is 18.0. The minimum absolute atomic E-state index is 0.0181. The summed E-state index contributed by atoms with van der Waals surface area (Å²) in [6.45, 7) is 5.83. The molecule has 4 nitrogen and oxygen atoms in total. The quantitative estimate of drug-likeness (QED) is 0.869. The van der Waals surface area contributed by atoms with E-state index in [0.717, 1.165) is 19.3 Å². The molecule has 1 amide bonds. The SMILES string of the molecule is CC(C)(C)OC(=O)NC1CCCC1NCc1c(F)cccc1Cl. The van der Waals surface area contributed by atoms with Crippen molar-refractivity contribution in [3.63, 3.8) is 0 Å². The average molecular weight is 343 g/mol. The van der Waals surface area contributed by atoms with Crippen molar-refractivity contribution in [2.45, 2.75) is 64.3 Å². The molecule has 6 heteroatoms. The summed E-state index contributed by atoms with van der Waals surface area (Å²) in [7, 11) is 0. The molecule has 0 spiro atoms. The molecule has 2 atom stereocenters. The number of carbonyl (C=O) groups is 1. The van der Waals surface area contributed by atoms with E-state index in [-0.39, 0.29) is 17.9 Å². The van der Waals surface area contributed by atoms with Gasteiger partial charge in [0.1, 0.15) is 11.4 Å². The molecule has 2 N–H and O–H groups in total. The van der Waals surface area contributed by atoms with Crippen LogP contribution in [-0.2, 0) is 11.3 Å². The summed E-state index contributed by atoms with van der Waals surface area (Å²) in [5.41, 5.74) is -0.0659. The van der Waals surface area contributed by atoms with Crippen molar-refractivity contribution in [1.29, 1.82) is 0 Å². The lowest BCUT2D eigenvalue weighted by Crippen LogP contribution is -2.47. The highest BCUT2D eigenvalue weighted by Gasteiger charge is 2.30. The molecule has 23 heavy (non-hydrogen) atoms. The Morgan fingerprint density at radius 1 is 1.35 bits per heavy atom. The molecule has 1 saturated carbocycles. The van der Waals surface area contributed by atoms with Crippen LogP contribution >= 0.6 is 11.6 Å². The van der Waals surface area contributed by atoms with Crippen molar-refractivity contribution in [3.8, 4) is 0 Å². The third-order valence-corrected chi connectivity index (χ3v) is 4.17. The second-order valence-corrected chi connectivity index (χ2v) is 7.28. The molecule has 1 aromatic carbocycles. The fourth-order valence-electron chi connectivity index (χ4n) is 2.77. The predicted molar refractivity (Wildman–Crippen MR) is 89.0 cm³/mol. The number of amides is 1. The molecule has 0 aromatic heterocycles. The fraction of sp³-hybridized carbons (Fsp3) is 0.588. The second kappa shape index (κ2) is 7.49. The van der Waals surface area contributed by atoms with Crippen LogP contribution in [0.25, 0.3) is 0 Å². The summed E-state index contributed by atoms with van der Waals surface area (Å²) in [5, 5.41) is 6.61. The monoisotopic (exact) mass is 342 g/mol. The van der Waals surface area contributed by atoms with Crippen LogP contribution < -0.4 is 10.6 Å². The van der Waals surface area contributed by atoms with Gasteiger partial charge in [-0.2, -0.15) is 0 Å². The largest absolute Gasteiger partial charge is 0.444 e. The molecule has 128 valence electrons. The number of rotatable bonds is 4. The normalized spacial score (nSPS) is 21.3. The summed E-state index contributed by atoms with van der Waals surface area (Å²) in [6.07, 6.45) is 2.39. The average Bonchev–Trinajstić information content (AvgIpc) is 2.83. The standard InChI is InChI=1S/C17H24ClFN2O2/c1-17(2,3)23-16(22)21-15-9-5-8-14(15)20-10-11-12(18)6-4-7-13(11)19/h4,6-7,14-15,20H,5,8-10H2,1-3H3,(H,21,22). The van der Waals surface area contributed by atoms with Gasteiger partial charge in [-0.05, 0) is 52.2 Å². The Hall–Kier alpha value is -1.33. The zero-order valence-electron chi connectivity index (χ0n) is 13.8. The number of ether oxygens (including phenoxy) is 1. The molecule has 1 aliphatic carbocycles. The van der Waals surface area contributed by atoms with Gasteiger partial charge in [0.2, 0.25) is 0 Å². The summed E-state index contributed by atoms with van der Waals surface area (Å²) >= 11 is 6.04. The molecule has 0 bridgehead atoms. The molecular weight excluding hydrogens is 319 g/mol. The molecular formula is C17H24ClFN2O2. The number of benzene rings is 1. The van der Waals surface area contributed by atoms with Gasteiger partial charge >= 0.3 is 6.09 Å². The second-order valence-electron chi connectivity index (χ2n) is 6.87. The van der Waals surface area contributed by atoms with Crippen LogP contribution in [0.4, 0.5) is 9.18 Å². The van der Waals surface area contributed by atoms with Crippen LogP contribution in [-0.4, -0.2) is 23.8 Å². The van der Waals surface area contributed by atoms with Crippen molar-refractivity contribution in [2.75, 3.05) is 0 Å². The summed E-state index contributed by atoms with van der Waals surface area (Å²) in [4.78, 5) is 11.9. The van der Waals surface area contributed by atoms with Gasteiger partial charge in [0.25, 0.3) is 0 Å². The van der Waals surface area contributed by atoms with Crippen molar-refractivity contribution in [3.05, 3.63) is 34.6 Å². The molecule has 0 aliphatic heterocycles. The van der Waals surface area contributed by atoms with Crippen LogP contribution in [0.15, 0.2) is 18.2 Å². The summed E-state index contributed by atoms with van der Waals surface area (Å²) in [5.74, 6) is -0.320. The van der Waals surface area contributed by atoms with E-state index in [1.54, 1.807) is 12.1 Å². The van der Waals surface area contributed by atoms with Crippen LogP contribution in [0.1, 0.15) is 45.6 Å². The number of hydrogen-bond acceptors (Lipinski definition) is 3. The Bertz CT molecular complexity index is 540. The molecule has 1 aliphatic rings. The van der Waals surface area contributed by atoms with E-state index < -0.39 is 11.7 Å². The van der Waals surface area contributed by atoms with E-state index in [4.69, 9.17) is 16.3 Å². The van der Waals surface area contributed by atoms with Crippen LogP contribution in [0, 0.1) is 5.82 Å². The Morgan fingerprint density at radius 2 is 2.04 bits per heavy atom. The maximum absolute atomic E-state index is 13.8. The molecule has 1 fully saturated rings. The van der Waals surface area contributed by atoms with Crippen molar-refractivity contribution < 1.29 is 13.9 Å². The van der Waals surface area contributed by atoms with Gasteiger partial charge in [0.15, 0.2) is 0 Å². The van der Waals surface area contributed by atoms with E-state index >= 15 is 0 Å². The zero-order valence-corrected chi connectivity index (χ0v) is 14.5. The van der Waals surface area contributed by atoms with E-state index in [1.165, 1.54) is 6.07 Å². The van der Waals surface area contributed by atoms with Gasteiger partial charge in [-0.1, -0.05) is 17.7 Å². The summed E-state index contributed by atoms with van der Waals surface area (Å²) in [6, 6.07) is 4.72. The minimum Gasteiger partial charge on any atom is -0.444 e. The fourth-order valence-corrected chi connectivity index (χ4v) is 3.00. The molecule has 0 saturated heterocycles. The summed E-state index contributed by atoms with van der Waals surface area (Å²) < 4.78 is 19.1. The van der Waals surface area contributed by atoms with Crippen LogP contribution in [0.2, 0.25) is 5.02 Å². The minimum atomic E-state index is -0.522. The van der Waals surface area contributed by atoms with Crippen molar-refractivity contribution >= 4 is 17.7 Å². The molecule has 2 rings (SSSR count). The maximum Gasteiger partial charge on any atom is 0.407 e. The van der Waals surface area contributed by atoms with Gasteiger partial charge in [-0.25, -0.2) is 9.18 Å². The van der Waals surface area contributed by atoms with Gasteiger partial charge in [-0.15, -0.1) is 0 Å². The molecule has 0 heterocycles. The first-order chi connectivity index (χ1) is 10.8. The number of hydrogen-bond donors (Lipinski definition) is 2. The highest BCUT2D eigenvalue weighted by Crippen LogP contribution is 2.23. The number of nitrogens with one attached hydrogen (secondary N) is 2. The molecule has 1 aromatic rings. The lowest BCUT2D eigenvalue weighted by atomic mass is 10.1. The Labute approximate surface area is 141 Å². The molecule has 0 radical (unpaired) electrons. The third-order valence-electron chi connectivity index (χ3n) is 3.82. The van der Waals surface area contributed by atoms with Gasteiger partial charge in [0.05, 0.1) is 0 Å². The van der Waals surface area contributed by atoms with Gasteiger partial charge in [-0.3, -0.25) is 0 Å². The third kappa shape index (κ3) is 5.36. The topological polar surface area (TPSA) is 50.4 Å². The predicted octanol–water partition coefficient (Wildman–Crippen LogP) is 4.01. The van der Waals surface area contributed by atoms with E-state index in [9.17, 15) is 9.18 Å². The highest BCUT2D eigenvalue weighted by molar-refractivity contribution is 6.31. The van der Waals surface area contributed by atoms with Gasteiger partial charge < -0.3 is 15.4 Å². The number of halogens is 2. The van der Waals surface area contributed by atoms with Crippen molar-refractivity contribution in [2.24, 2.45) is 0 Å². The number of alkyl carbamates (subject to hydrolysis) is 1. The van der Waals surface area contributed by atoms with Crippen LogP contribution in [0.5, 0.6) is 0 Å².